The highest BCUT2D eigenvalue weighted by atomic mass is 32.2. The van der Waals surface area contributed by atoms with Crippen molar-refractivity contribution in [1.29, 1.82) is 0 Å². The molecule has 13 heavy (non-hydrogen) atoms. The molecular formula is C6H12N2O4S. The van der Waals surface area contributed by atoms with Crippen LogP contribution in [0.15, 0.2) is 0 Å². The highest BCUT2D eigenvalue weighted by Gasteiger charge is 2.38. The standard InChI is InChI=1S/C6H12N2O4S/c1-13(11,12)5(7)4-2-8(3-4)6(9)10/h4-5H,2-3,7H2,1H3,(H,9,10). The van der Waals surface area contributed by atoms with Crippen LogP contribution in [0.1, 0.15) is 0 Å². The molecular weight excluding hydrogens is 196 g/mol. The number of carboxylic acid groups (broad SMARTS) is 1. The fourth-order valence-corrected chi connectivity index (χ4v) is 2.10. The van der Waals surface area contributed by atoms with Crippen molar-refractivity contribution in [3.63, 3.8) is 0 Å². The fraction of sp³-hybridized carbons (Fsp3) is 0.833. The summed E-state index contributed by atoms with van der Waals surface area (Å²) < 4.78 is 21.9. The van der Waals surface area contributed by atoms with E-state index in [0.717, 1.165) is 11.2 Å². The molecule has 1 rings (SSSR count). The molecule has 0 bridgehead atoms. The van der Waals surface area contributed by atoms with Gasteiger partial charge in [0, 0.05) is 25.3 Å². The second-order valence-electron chi connectivity index (χ2n) is 3.24. The molecule has 1 saturated heterocycles. The van der Waals surface area contributed by atoms with Crippen LogP contribution in [-0.4, -0.2) is 49.2 Å². The van der Waals surface area contributed by atoms with Crippen LogP contribution >= 0.6 is 0 Å². The molecule has 1 amide bonds. The number of nitrogens with two attached hydrogens (primary N) is 1. The van der Waals surface area contributed by atoms with Crippen molar-refractivity contribution in [2.75, 3.05) is 19.3 Å². The Bertz CT molecular complexity index is 307. The van der Waals surface area contributed by atoms with Gasteiger partial charge in [-0.25, -0.2) is 13.2 Å². The Morgan fingerprint density at radius 1 is 1.62 bits per heavy atom. The molecule has 1 unspecified atom stereocenters. The van der Waals surface area contributed by atoms with Crippen molar-refractivity contribution < 1.29 is 18.3 Å². The van der Waals surface area contributed by atoms with Gasteiger partial charge in [-0.2, -0.15) is 0 Å². The van der Waals surface area contributed by atoms with Crippen molar-refractivity contribution in [2.24, 2.45) is 11.7 Å². The second-order valence-corrected chi connectivity index (χ2v) is 5.45. The van der Waals surface area contributed by atoms with Gasteiger partial charge in [-0.1, -0.05) is 0 Å². The van der Waals surface area contributed by atoms with Gasteiger partial charge in [-0.15, -0.1) is 0 Å². The predicted octanol–water partition coefficient (Wildman–Crippen LogP) is -1.07. The lowest BCUT2D eigenvalue weighted by atomic mass is 10.0. The van der Waals surface area contributed by atoms with E-state index in [9.17, 15) is 13.2 Å². The third-order valence-electron chi connectivity index (χ3n) is 2.14. The van der Waals surface area contributed by atoms with Crippen molar-refractivity contribution in [1.82, 2.24) is 4.90 Å². The number of likely N-dealkylation sites (tertiary alicyclic amines) is 1. The van der Waals surface area contributed by atoms with Crippen LogP contribution in [0.4, 0.5) is 4.79 Å². The van der Waals surface area contributed by atoms with E-state index in [-0.39, 0.29) is 19.0 Å². The third-order valence-corrected chi connectivity index (χ3v) is 3.51. The van der Waals surface area contributed by atoms with Crippen LogP contribution in [0, 0.1) is 5.92 Å². The molecule has 7 heteroatoms. The highest BCUT2D eigenvalue weighted by Crippen LogP contribution is 2.20. The van der Waals surface area contributed by atoms with Crippen LogP contribution in [0.5, 0.6) is 0 Å². The highest BCUT2D eigenvalue weighted by molar-refractivity contribution is 7.91. The molecule has 1 atom stereocenters. The van der Waals surface area contributed by atoms with Crippen LogP contribution in [0.25, 0.3) is 0 Å². The number of amides is 1. The molecule has 1 aliphatic rings. The van der Waals surface area contributed by atoms with Gasteiger partial charge in [0.05, 0.1) is 0 Å². The Morgan fingerprint density at radius 3 is 2.38 bits per heavy atom. The van der Waals surface area contributed by atoms with Crippen molar-refractivity contribution in [3.05, 3.63) is 0 Å². The minimum Gasteiger partial charge on any atom is -0.465 e. The van der Waals surface area contributed by atoms with Crippen LogP contribution in [0.3, 0.4) is 0 Å². The number of hydrogen-bond donors (Lipinski definition) is 2. The van der Waals surface area contributed by atoms with E-state index < -0.39 is 21.3 Å². The lowest BCUT2D eigenvalue weighted by molar-refractivity contribution is 0.0804. The summed E-state index contributed by atoms with van der Waals surface area (Å²) in [5, 5.41) is 7.53. The van der Waals surface area contributed by atoms with Gasteiger partial charge in [0.15, 0.2) is 9.84 Å². The number of carbonyl (C=O) groups is 1. The minimum atomic E-state index is -3.25. The maximum absolute atomic E-state index is 11.0. The molecule has 0 saturated carbocycles. The molecule has 0 aromatic rings. The van der Waals surface area contributed by atoms with E-state index in [1.807, 2.05) is 0 Å². The molecule has 76 valence electrons. The molecule has 3 N–H and O–H groups in total. The van der Waals surface area contributed by atoms with E-state index in [2.05, 4.69) is 0 Å². The Morgan fingerprint density at radius 2 is 2.08 bits per heavy atom. The number of rotatable bonds is 2. The minimum absolute atomic E-state index is 0.212. The first-order chi connectivity index (χ1) is 5.82. The number of hydrogen-bond acceptors (Lipinski definition) is 4. The molecule has 0 aromatic heterocycles. The van der Waals surface area contributed by atoms with Gasteiger partial charge in [-0.3, -0.25) is 0 Å². The summed E-state index contributed by atoms with van der Waals surface area (Å²) in [5.41, 5.74) is 5.41. The van der Waals surface area contributed by atoms with Crippen LogP contribution < -0.4 is 5.73 Å². The first-order valence-electron chi connectivity index (χ1n) is 3.74. The van der Waals surface area contributed by atoms with Crippen molar-refractivity contribution >= 4 is 15.9 Å². The average molecular weight is 208 g/mol. The third kappa shape index (κ3) is 2.10. The van der Waals surface area contributed by atoms with Gasteiger partial charge in [0.1, 0.15) is 5.37 Å². The Labute approximate surface area is 76.2 Å². The van der Waals surface area contributed by atoms with E-state index in [1.165, 1.54) is 0 Å². The van der Waals surface area contributed by atoms with E-state index in [4.69, 9.17) is 10.8 Å². The Balaban J connectivity index is 2.49. The monoisotopic (exact) mass is 208 g/mol. The summed E-state index contributed by atoms with van der Waals surface area (Å²) in [4.78, 5) is 11.5. The first-order valence-corrected chi connectivity index (χ1v) is 5.70. The Hall–Kier alpha value is -0.820. The summed E-state index contributed by atoms with van der Waals surface area (Å²) in [6, 6.07) is 0. The molecule has 0 aliphatic carbocycles. The quantitative estimate of drug-likeness (QED) is 0.601. The first kappa shape index (κ1) is 10.3. The lowest BCUT2D eigenvalue weighted by Crippen LogP contribution is -2.58. The molecule has 1 aliphatic heterocycles. The van der Waals surface area contributed by atoms with E-state index in [1.54, 1.807) is 0 Å². The van der Waals surface area contributed by atoms with E-state index in [0.29, 0.717) is 0 Å². The van der Waals surface area contributed by atoms with Gasteiger partial charge in [-0.05, 0) is 0 Å². The number of nitrogens with zero attached hydrogens (tertiary/aromatic N) is 1. The van der Waals surface area contributed by atoms with Crippen LogP contribution in [-0.2, 0) is 9.84 Å². The largest absolute Gasteiger partial charge is 0.465 e. The summed E-state index contributed by atoms with van der Waals surface area (Å²) in [6.45, 7) is 0.424. The van der Waals surface area contributed by atoms with Gasteiger partial charge >= 0.3 is 6.09 Å². The van der Waals surface area contributed by atoms with Crippen LogP contribution in [0.2, 0.25) is 0 Å². The fourth-order valence-electron chi connectivity index (χ4n) is 1.23. The topological polar surface area (TPSA) is 101 Å². The summed E-state index contributed by atoms with van der Waals surface area (Å²) in [5.74, 6) is -0.258. The van der Waals surface area contributed by atoms with E-state index >= 15 is 0 Å². The SMILES string of the molecule is CS(=O)(=O)C(N)C1CN(C(=O)O)C1. The zero-order chi connectivity index (χ0) is 10.2. The smallest absolute Gasteiger partial charge is 0.407 e. The van der Waals surface area contributed by atoms with Gasteiger partial charge in [0.25, 0.3) is 0 Å². The van der Waals surface area contributed by atoms with Crippen molar-refractivity contribution in [3.8, 4) is 0 Å². The maximum Gasteiger partial charge on any atom is 0.407 e. The average Bonchev–Trinajstić information content (AvgIpc) is 1.80. The molecule has 0 spiro atoms. The molecule has 0 aromatic carbocycles. The maximum atomic E-state index is 11.0. The summed E-state index contributed by atoms with van der Waals surface area (Å²) >= 11 is 0. The second kappa shape index (κ2) is 3.15. The molecule has 6 nitrogen and oxygen atoms in total. The van der Waals surface area contributed by atoms with Gasteiger partial charge in [0.2, 0.25) is 0 Å². The zero-order valence-corrected chi connectivity index (χ0v) is 7.99. The summed E-state index contributed by atoms with van der Waals surface area (Å²) in [7, 11) is -3.25. The predicted molar refractivity (Wildman–Crippen MR) is 45.9 cm³/mol. The molecule has 1 heterocycles. The summed E-state index contributed by atoms with van der Waals surface area (Å²) in [6.07, 6.45) is 0.0260. The van der Waals surface area contributed by atoms with Crippen molar-refractivity contribution in [2.45, 2.75) is 5.37 Å². The number of sulfone groups is 1. The van der Waals surface area contributed by atoms with Gasteiger partial charge < -0.3 is 15.7 Å². The molecule has 1 fully saturated rings. The zero-order valence-electron chi connectivity index (χ0n) is 7.17. The molecule has 0 radical (unpaired) electrons. The normalized spacial score (nSPS) is 20.9. The lowest BCUT2D eigenvalue weighted by Gasteiger charge is -2.39. The Kier molecular flexibility index (Phi) is 2.49.